The predicted molar refractivity (Wildman–Crippen MR) is 84.9 cm³/mol. The van der Waals surface area contributed by atoms with Gasteiger partial charge in [0.1, 0.15) is 0 Å². The van der Waals surface area contributed by atoms with Crippen LogP contribution < -0.4 is 10.2 Å². The molecule has 0 aliphatic heterocycles. The Morgan fingerprint density at radius 1 is 1.20 bits per heavy atom. The van der Waals surface area contributed by atoms with Crippen molar-refractivity contribution in [1.82, 2.24) is 10.3 Å². The van der Waals surface area contributed by atoms with Crippen LogP contribution in [0.4, 0.5) is 5.69 Å². The highest BCUT2D eigenvalue weighted by Crippen LogP contribution is 2.21. The first-order chi connectivity index (χ1) is 9.70. The third-order valence-corrected chi connectivity index (χ3v) is 3.34. The normalized spacial score (nSPS) is 10.6. The second kappa shape index (κ2) is 7.06. The minimum absolute atomic E-state index is 0.859. The standard InChI is InChI=1S/C17H23N3/c1-4-18-11-16-12-19-14(2)10-17(16)20(3)13-15-8-6-5-7-9-15/h5-10,12,18H,4,11,13H2,1-3H3. The molecule has 1 N–H and O–H groups in total. The van der Waals surface area contributed by atoms with Crippen LogP contribution in [0.1, 0.15) is 23.7 Å². The first-order valence-electron chi connectivity index (χ1n) is 7.12. The zero-order valence-corrected chi connectivity index (χ0v) is 12.6. The lowest BCUT2D eigenvalue weighted by Crippen LogP contribution is -2.21. The summed E-state index contributed by atoms with van der Waals surface area (Å²) < 4.78 is 0. The lowest BCUT2D eigenvalue weighted by molar-refractivity contribution is 0.720. The summed E-state index contributed by atoms with van der Waals surface area (Å²) in [4.78, 5) is 6.70. The molecule has 0 aliphatic rings. The average Bonchev–Trinajstić information content (AvgIpc) is 2.47. The summed E-state index contributed by atoms with van der Waals surface area (Å²) in [6.07, 6.45) is 1.98. The van der Waals surface area contributed by atoms with Crippen molar-refractivity contribution in [3.63, 3.8) is 0 Å². The lowest BCUT2D eigenvalue weighted by Gasteiger charge is -2.23. The summed E-state index contributed by atoms with van der Waals surface area (Å²) in [5, 5.41) is 3.38. The van der Waals surface area contributed by atoms with Crippen molar-refractivity contribution in [2.24, 2.45) is 0 Å². The van der Waals surface area contributed by atoms with Crippen LogP contribution in [-0.4, -0.2) is 18.6 Å². The van der Waals surface area contributed by atoms with Gasteiger partial charge in [-0.25, -0.2) is 0 Å². The van der Waals surface area contributed by atoms with Gasteiger partial charge in [0, 0.05) is 43.3 Å². The molecule has 2 rings (SSSR count). The number of anilines is 1. The number of hydrogen-bond donors (Lipinski definition) is 1. The summed E-state index contributed by atoms with van der Waals surface area (Å²) in [7, 11) is 2.14. The van der Waals surface area contributed by atoms with Crippen LogP contribution in [0.2, 0.25) is 0 Å². The van der Waals surface area contributed by atoms with Gasteiger partial charge in [-0.1, -0.05) is 37.3 Å². The average molecular weight is 269 g/mol. The van der Waals surface area contributed by atoms with Crippen molar-refractivity contribution >= 4 is 5.69 Å². The number of aryl methyl sites for hydroxylation is 1. The Kier molecular flexibility index (Phi) is 5.13. The molecule has 3 nitrogen and oxygen atoms in total. The fourth-order valence-corrected chi connectivity index (χ4v) is 2.27. The van der Waals surface area contributed by atoms with E-state index in [0.717, 1.165) is 25.3 Å². The van der Waals surface area contributed by atoms with E-state index in [4.69, 9.17) is 0 Å². The zero-order valence-electron chi connectivity index (χ0n) is 12.6. The summed E-state index contributed by atoms with van der Waals surface area (Å²) in [6, 6.07) is 12.7. The molecule has 0 radical (unpaired) electrons. The molecular formula is C17H23N3. The van der Waals surface area contributed by atoms with Gasteiger partial charge in [0.2, 0.25) is 0 Å². The zero-order chi connectivity index (χ0) is 14.4. The molecular weight excluding hydrogens is 246 g/mol. The fourth-order valence-electron chi connectivity index (χ4n) is 2.27. The Hall–Kier alpha value is -1.87. The van der Waals surface area contributed by atoms with Crippen molar-refractivity contribution in [1.29, 1.82) is 0 Å². The molecule has 20 heavy (non-hydrogen) atoms. The van der Waals surface area contributed by atoms with Crippen LogP contribution in [0.15, 0.2) is 42.6 Å². The predicted octanol–water partition coefficient (Wildman–Crippen LogP) is 3.14. The number of nitrogens with one attached hydrogen (secondary N) is 1. The van der Waals surface area contributed by atoms with Gasteiger partial charge in [-0.3, -0.25) is 4.98 Å². The molecule has 1 heterocycles. The van der Waals surface area contributed by atoms with Crippen molar-refractivity contribution in [2.75, 3.05) is 18.5 Å². The number of nitrogens with zero attached hydrogens (tertiary/aromatic N) is 2. The Balaban J connectivity index is 2.19. The summed E-state index contributed by atoms with van der Waals surface area (Å²) in [6.45, 7) is 6.89. The molecule has 1 aromatic carbocycles. The Labute approximate surface area is 121 Å². The molecule has 0 amide bonds. The van der Waals surface area contributed by atoms with Crippen molar-refractivity contribution in [3.05, 3.63) is 59.4 Å². The van der Waals surface area contributed by atoms with Gasteiger partial charge in [0.15, 0.2) is 0 Å². The van der Waals surface area contributed by atoms with E-state index in [0.29, 0.717) is 0 Å². The monoisotopic (exact) mass is 269 g/mol. The largest absolute Gasteiger partial charge is 0.370 e. The Bertz CT molecular complexity index is 537. The fraction of sp³-hybridized carbons (Fsp3) is 0.353. The molecule has 2 aromatic rings. The molecule has 0 spiro atoms. The molecule has 0 atom stereocenters. The summed E-state index contributed by atoms with van der Waals surface area (Å²) in [5.74, 6) is 0. The first kappa shape index (κ1) is 14.5. The molecule has 1 aromatic heterocycles. The molecule has 0 aliphatic carbocycles. The maximum Gasteiger partial charge on any atom is 0.0445 e. The maximum atomic E-state index is 4.42. The number of aromatic nitrogens is 1. The van der Waals surface area contributed by atoms with Gasteiger partial charge in [0.25, 0.3) is 0 Å². The van der Waals surface area contributed by atoms with E-state index < -0.39 is 0 Å². The van der Waals surface area contributed by atoms with Crippen molar-refractivity contribution in [3.8, 4) is 0 Å². The molecule has 3 heteroatoms. The SMILES string of the molecule is CCNCc1cnc(C)cc1N(C)Cc1ccccc1. The highest BCUT2D eigenvalue weighted by molar-refractivity contribution is 5.53. The third-order valence-electron chi connectivity index (χ3n) is 3.34. The second-order valence-electron chi connectivity index (χ2n) is 5.08. The molecule has 0 unspecified atom stereocenters. The number of pyridine rings is 1. The van der Waals surface area contributed by atoms with E-state index in [-0.39, 0.29) is 0 Å². The van der Waals surface area contributed by atoms with E-state index in [1.54, 1.807) is 0 Å². The smallest absolute Gasteiger partial charge is 0.0445 e. The van der Waals surface area contributed by atoms with E-state index in [2.05, 4.69) is 65.6 Å². The topological polar surface area (TPSA) is 28.2 Å². The number of hydrogen-bond acceptors (Lipinski definition) is 3. The van der Waals surface area contributed by atoms with Crippen LogP contribution in [0.25, 0.3) is 0 Å². The molecule has 106 valence electrons. The minimum Gasteiger partial charge on any atom is -0.370 e. The van der Waals surface area contributed by atoms with Crippen LogP contribution in [-0.2, 0) is 13.1 Å². The van der Waals surface area contributed by atoms with Crippen LogP contribution in [0.3, 0.4) is 0 Å². The van der Waals surface area contributed by atoms with Gasteiger partial charge >= 0.3 is 0 Å². The number of benzene rings is 1. The molecule has 0 saturated heterocycles. The van der Waals surface area contributed by atoms with Crippen LogP contribution in [0, 0.1) is 6.92 Å². The van der Waals surface area contributed by atoms with E-state index in [1.165, 1.54) is 16.8 Å². The minimum atomic E-state index is 0.859. The van der Waals surface area contributed by atoms with Gasteiger partial charge < -0.3 is 10.2 Å². The highest BCUT2D eigenvalue weighted by Gasteiger charge is 2.09. The lowest BCUT2D eigenvalue weighted by atomic mass is 10.1. The van der Waals surface area contributed by atoms with Gasteiger partial charge in [-0.15, -0.1) is 0 Å². The third kappa shape index (κ3) is 3.81. The second-order valence-corrected chi connectivity index (χ2v) is 5.08. The quantitative estimate of drug-likeness (QED) is 0.873. The molecule has 0 saturated carbocycles. The Morgan fingerprint density at radius 3 is 2.65 bits per heavy atom. The van der Waals surface area contributed by atoms with E-state index >= 15 is 0 Å². The molecule has 0 fully saturated rings. The Morgan fingerprint density at radius 2 is 1.95 bits per heavy atom. The van der Waals surface area contributed by atoms with Crippen molar-refractivity contribution in [2.45, 2.75) is 26.9 Å². The van der Waals surface area contributed by atoms with Gasteiger partial charge in [-0.05, 0) is 25.1 Å². The highest BCUT2D eigenvalue weighted by atomic mass is 15.1. The first-order valence-corrected chi connectivity index (χ1v) is 7.12. The van der Waals surface area contributed by atoms with Gasteiger partial charge in [-0.2, -0.15) is 0 Å². The van der Waals surface area contributed by atoms with Crippen LogP contribution in [0.5, 0.6) is 0 Å². The van der Waals surface area contributed by atoms with Gasteiger partial charge in [0.05, 0.1) is 0 Å². The van der Waals surface area contributed by atoms with Crippen LogP contribution >= 0.6 is 0 Å². The van der Waals surface area contributed by atoms with E-state index in [1.807, 2.05) is 13.1 Å². The molecule has 0 bridgehead atoms. The summed E-state index contributed by atoms with van der Waals surface area (Å²) >= 11 is 0. The summed E-state index contributed by atoms with van der Waals surface area (Å²) in [5.41, 5.74) is 4.87. The van der Waals surface area contributed by atoms with Crippen molar-refractivity contribution < 1.29 is 0 Å². The van der Waals surface area contributed by atoms with E-state index in [9.17, 15) is 0 Å². The number of rotatable bonds is 6. The maximum absolute atomic E-state index is 4.42.